The van der Waals surface area contributed by atoms with Gasteiger partial charge < -0.3 is 19.9 Å². The Morgan fingerprint density at radius 3 is 2.63 bits per heavy atom. The van der Waals surface area contributed by atoms with Crippen LogP contribution in [0.25, 0.3) is 21.2 Å². The van der Waals surface area contributed by atoms with Gasteiger partial charge in [0.1, 0.15) is 10.4 Å². The summed E-state index contributed by atoms with van der Waals surface area (Å²) in [5.41, 5.74) is 1.52. The number of benzene rings is 1. The fourth-order valence-electron chi connectivity index (χ4n) is 3.25. The number of aromatic amines is 1. The first-order valence-electron chi connectivity index (χ1n) is 8.59. The van der Waals surface area contributed by atoms with Gasteiger partial charge in [-0.3, -0.25) is 9.59 Å². The molecule has 1 fully saturated rings. The number of carbonyl (C=O) groups is 1. The standard InChI is InChI=1S/C19H18ClN3O3S/c1-21-18(24)16-15(11-2-4-12(20)5-3-11)13-10-14(23-6-8-26-9-7-23)27-17(13)19(25)22-16/h2-5,10H,6-9H2,1H3,(H,21,24)(H,22,25). The zero-order valence-electron chi connectivity index (χ0n) is 14.7. The average Bonchev–Trinajstić information content (AvgIpc) is 3.15. The SMILES string of the molecule is CNC(=O)c1[nH]c(=O)c2sc(N3CCOCC3)cc2c1-c1ccc(Cl)cc1. The smallest absolute Gasteiger partial charge is 0.268 e. The predicted molar refractivity (Wildman–Crippen MR) is 109 cm³/mol. The third kappa shape index (κ3) is 3.34. The van der Waals surface area contributed by atoms with Crippen LogP contribution in [0, 0.1) is 0 Å². The van der Waals surface area contributed by atoms with E-state index in [4.69, 9.17) is 16.3 Å². The number of H-pyrrole nitrogens is 1. The fraction of sp³-hybridized carbons (Fsp3) is 0.263. The summed E-state index contributed by atoms with van der Waals surface area (Å²) in [5, 5.41) is 4.99. The van der Waals surface area contributed by atoms with Crippen molar-refractivity contribution in [1.29, 1.82) is 0 Å². The number of hydrogen-bond acceptors (Lipinski definition) is 5. The van der Waals surface area contributed by atoms with Crippen molar-refractivity contribution in [3.05, 3.63) is 51.4 Å². The highest BCUT2D eigenvalue weighted by molar-refractivity contribution is 7.22. The lowest BCUT2D eigenvalue weighted by Crippen LogP contribution is -2.35. The number of carbonyl (C=O) groups excluding carboxylic acids is 1. The molecule has 0 atom stereocenters. The van der Waals surface area contributed by atoms with Gasteiger partial charge in [-0.2, -0.15) is 0 Å². The van der Waals surface area contributed by atoms with Crippen LogP contribution in [-0.4, -0.2) is 44.2 Å². The number of pyridine rings is 1. The van der Waals surface area contributed by atoms with E-state index < -0.39 is 0 Å². The number of morpholine rings is 1. The molecule has 3 heterocycles. The highest BCUT2D eigenvalue weighted by Crippen LogP contribution is 2.38. The molecule has 1 aliphatic heterocycles. The molecule has 1 saturated heterocycles. The second-order valence-corrected chi connectivity index (χ2v) is 7.68. The number of hydrogen-bond donors (Lipinski definition) is 2. The van der Waals surface area contributed by atoms with Gasteiger partial charge in [0.2, 0.25) is 0 Å². The quantitative estimate of drug-likeness (QED) is 0.704. The molecular formula is C19H18ClN3O3S. The molecule has 140 valence electrons. The maximum atomic E-state index is 12.7. The minimum Gasteiger partial charge on any atom is -0.378 e. The number of fused-ring (bicyclic) bond motifs is 1. The van der Waals surface area contributed by atoms with Crippen LogP contribution in [0.3, 0.4) is 0 Å². The molecule has 6 nitrogen and oxygen atoms in total. The van der Waals surface area contributed by atoms with Crippen molar-refractivity contribution in [2.75, 3.05) is 38.3 Å². The Bertz CT molecular complexity index is 1050. The summed E-state index contributed by atoms with van der Waals surface area (Å²) in [6.45, 7) is 2.89. The van der Waals surface area contributed by atoms with E-state index in [-0.39, 0.29) is 17.2 Å². The molecule has 0 spiro atoms. The number of thiophene rings is 1. The van der Waals surface area contributed by atoms with E-state index in [0.717, 1.165) is 29.0 Å². The van der Waals surface area contributed by atoms with Crippen molar-refractivity contribution in [3.63, 3.8) is 0 Å². The molecule has 0 unspecified atom stereocenters. The van der Waals surface area contributed by atoms with Crippen molar-refractivity contribution in [3.8, 4) is 11.1 Å². The van der Waals surface area contributed by atoms with Crippen molar-refractivity contribution < 1.29 is 9.53 Å². The number of anilines is 1. The second-order valence-electron chi connectivity index (χ2n) is 6.22. The van der Waals surface area contributed by atoms with Gasteiger partial charge >= 0.3 is 0 Å². The molecule has 27 heavy (non-hydrogen) atoms. The molecule has 1 aliphatic rings. The summed E-state index contributed by atoms with van der Waals surface area (Å²) in [6.07, 6.45) is 0. The lowest BCUT2D eigenvalue weighted by Gasteiger charge is -2.27. The number of rotatable bonds is 3. The van der Waals surface area contributed by atoms with Crippen LogP contribution in [0.1, 0.15) is 10.5 Å². The molecule has 1 amide bonds. The van der Waals surface area contributed by atoms with E-state index in [0.29, 0.717) is 28.5 Å². The van der Waals surface area contributed by atoms with Gasteiger partial charge in [0.25, 0.3) is 11.5 Å². The Labute approximate surface area is 164 Å². The van der Waals surface area contributed by atoms with Gasteiger partial charge in [-0.15, -0.1) is 11.3 Å². The summed E-state index contributed by atoms with van der Waals surface area (Å²) in [4.78, 5) is 30.1. The molecule has 2 aromatic heterocycles. The molecule has 0 aliphatic carbocycles. The first kappa shape index (κ1) is 18.0. The van der Waals surface area contributed by atoms with Gasteiger partial charge in [0.05, 0.1) is 18.2 Å². The van der Waals surface area contributed by atoms with Gasteiger partial charge in [-0.05, 0) is 23.8 Å². The monoisotopic (exact) mass is 403 g/mol. The molecule has 1 aromatic carbocycles. The molecular weight excluding hydrogens is 386 g/mol. The number of aromatic nitrogens is 1. The van der Waals surface area contributed by atoms with Gasteiger partial charge in [-0.25, -0.2) is 0 Å². The van der Waals surface area contributed by atoms with Crippen LogP contribution in [-0.2, 0) is 4.74 Å². The van der Waals surface area contributed by atoms with E-state index in [1.165, 1.54) is 11.3 Å². The summed E-state index contributed by atoms with van der Waals surface area (Å²) in [7, 11) is 1.54. The first-order valence-corrected chi connectivity index (χ1v) is 9.78. The van der Waals surface area contributed by atoms with Crippen LogP contribution < -0.4 is 15.8 Å². The largest absolute Gasteiger partial charge is 0.378 e. The van der Waals surface area contributed by atoms with Crippen LogP contribution in [0.2, 0.25) is 5.02 Å². The molecule has 0 saturated carbocycles. The first-order chi connectivity index (χ1) is 13.1. The molecule has 8 heteroatoms. The maximum absolute atomic E-state index is 12.7. The van der Waals surface area contributed by atoms with E-state index in [1.54, 1.807) is 19.2 Å². The van der Waals surface area contributed by atoms with Crippen molar-refractivity contribution in [2.45, 2.75) is 0 Å². The topological polar surface area (TPSA) is 74.4 Å². The number of nitrogens with zero attached hydrogens (tertiary/aromatic N) is 1. The van der Waals surface area contributed by atoms with E-state index in [9.17, 15) is 9.59 Å². The normalized spacial score (nSPS) is 14.5. The molecule has 2 N–H and O–H groups in total. The number of halogens is 1. The van der Waals surface area contributed by atoms with E-state index in [1.807, 2.05) is 18.2 Å². The summed E-state index contributed by atoms with van der Waals surface area (Å²) in [5.74, 6) is -0.335. The molecule has 0 radical (unpaired) electrons. The second kappa shape index (κ2) is 7.34. The summed E-state index contributed by atoms with van der Waals surface area (Å²) >= 11 is 7.46. The zero-order chi connectivity index (χ0) is 19.0. The van der Waals surface area contributed by atoms with Crippen LogP contribution in [0.5, 0.6) is 0 Å². The number of nitrogens with one attached hydrogen (secondary N) is 2. The third-order valence-electron chi connectivity index (χ3n) is 4.59. The lowest BCUT2D eigenvalue weighted by molar-refractivity contribution is 0.0959. The average molecular weight is 404 g/mol. The fourth-order valence-corrected chi connectivity index (χ4v) is 4.49. The minimum atomic E-state index is -0.335. The Morgan fingerprint density at radius 2 is 1.96 bits per heavy atom. The highest BCUT2D eigenvalue weighted by atomic mass is 35.5. The van der Waals surface area contributed by atoms with Crippen LogP contribution >= 0.6 is 22.9 Å². The zero-order valence-corrected chi connectivity index (χ0v) is 16.2. The summed E-state index contributed by atoms with van der Waals surface area (Å²) < 4.78 is 6.02. The number of ether oxygens (including phenoxy) is 1. The lowest BCUT2D eigenvalue weighted by atomic mass is 10.00. The van der Waals surface area contributed by atoms with Gasteiger partial charge in [0.15, 0.2) is 0 Å². The Kier molecular flexibility index (Phi) is 4.90. The van der Waals surface area contributed by atoms with Crippen LogP contribution in [0.15, 0.2) is 35.1 Å². The Balaban J connectivity index is 1.97. The van der Waals surface area contributed by atoms with Gasteiger partial charge in [-0.1, -0.05) is 23.7 Å². The van der Waals surface area contributed by atoms with Crippen molar-refractivity contribution in [2.24, 2.45) is 0 Å². The van der Waals surface area contributed by atoms with E-state index >= 15 is 0 Å². The highest BCUT2D eigenvalue weighted by Gasteiger charge is 2.22. The molecule has 3 aromatic rings. The number of amides is 1. The predicted octanol–water partition coefficient (Wildman–Crippen LogP) is 3.11. The molecule has 0 bridgehead atoms. The third-order valence-corrected chi connectivity index (χ3v) is 6.04. The Hall–Kier alpha value is -2.35. The van der Waals surface area contributed by atoms with Crippen molar-refractivity contribution in [1.82, 2.24) is 10.3 Å². The van der Waals surface area contributed by atoms with E-state index in [2.05, 4.69) is 15.2 Å². The van der Waals surface area contributed by atoms with Gasteiger partial charge in [0, 0.05) is 36.1 Å². The summed E-state index contributed by atoms with van der Waals surface area (Å²) in [6, 6.07) is 9.26. The Morgan fingerprint density at radius 1 is 1.26 bits per heavy atom. The minimum absolute atomic E-state index is 0.253. The maximum Gasteiger partial charge on any atom is 0.268 e. The van der Waals surface area contributed by atoms with Crippen LogP contribution in [0.4, 0.5) is 5.00 Å². The van der Waals surface area contributed by atoms with Crippen molar-refractivity contribution >= 4 is 43.9 Å². The molecule has 4 rings (SSSR count).